The van der Waals surface area contributed by atoms with Crippen LogP contribution in [0.3, 0.4) is 0 Å². The molecule has 0 radical (unpaired) electrons. The van der Waals surface area contributed by atoms with Gasteiger partial charge in [0.1, 0.15) is 5.82 Å². The van der Waals surface area contributed by atoms with Gasteiger partial charge in [0.25, 0.3) is 5.91 Å². The SMILES string of the molecule is CCCCCCCCCn1c(CCNC(=O)c2ccc(Cl)cc2)nc2ccccc21. The Morgan fingerprint density at radius 2 is 1.67 bits per heavy atom. The predicted molar refractivity (Wildman–Crippen MR) is 125 cm³/mol. The third-order valence-corrected chi connectivity index (χ3v) is 5.71. The largest absolute Gasteiger partial charge is 0.352 e. The third kappa shape index (κ3) is 6.33. The van der Waals surface area contributed by atoms with E-state index in [-0.39, 0.29) is 5.91 Å². The molecule has 3 rings (SSSR count). The molecular weight excluding hydrogens is 394 g/mol. The lowest BCUT2D eigenvalue weighted by Crippen LogP contribution is -2.26. The Morgan fingerprint density at radius 3 is 2.43 bits per heavy atom. The van der Waals surface area contributed by atoms with Crippen LogP contribution in [-0.2, 0) is 13.0 Å². The first-order valence-electron chi connectivity index (χ1n) is 11.2. The first kappa shape index (κ1) is 22.4. The normalized spacial score (nSPS) is 11.1. The molecule has 0 aliphatic rings. The van der Waals surface area contributed by atoms with Crippen LogP contribution in [0.1, 0.15) is 68.1 Å². The van der Waals surface area contributed by atoms with Crippen molar-refractivity contribution in [3.05, 3.63) is 64.9 Å². The van der Waals surface area contributed by atoms with Gasteiger partial charge in [-0.05, 0) is 42.8 Å². The van der Waals surface area contributed by atoms with Crippen molar-refractivity contribution in [2.24, 2.45) is 0 Å². The molecule has 0 aliphatic heterocycles. The lowest BCUT2D eigenvalue weighted by Gasteiger charge is -2.10. The number of aryl methyl sites for hydroxylation is 1. The second-order valence-electron chi connectivity index (χ2n) is 7.80. The number of nitrogens with one attached hydrogen (secondary N) is 1. The van der Waals surface area contributed by atoms with Crippen LogP contribution in [0.5, 0.6) is 0 Å². The fraction of sp³-hybridized carbons (Fsp3) is 0.440. The van der Waals surface area contributed by atoms with Gasteiger partial charge in [-0.3, -0.25) is 4.79 Å². The maximum atomic E-state index is 12.3. The Labute approximate surface area is 184 Å². The number of hydrogen-bond donors (Lipinski definition) is 1. The zero-order valence-corrected chi connectivity index (χ0v) is 18.6. The van der Waals surface area contributed by atoms with Gasteiger partial charge in [-0.1, -0.05) is 69.2 Å². The number of imidazole rings is 1. The van der Waals surface area contributed by atoms with Gasteiger partial charge >= 0.3 is 0 Å². The van der Waals surface area contributed by atoms with E-state index >= 15 is 0 Å². The molecule has 0 saturated heterocycles. The second kappa shape index (κ2) is 11.8. The van der Waals surface area contributed by atoms with Crippen molar-refractivity contribution in [3.8, 4) is 0 Å². The van der Waals surface area contributed by atoms with Crippen LogP contribution >= 0.6 is 11.6 Å². The lowest BCUT2D eigenvalue weighted by atomic mass is 10.1. The molecule has 1 amide bonds. The lowest BCUT2D eigenvalue weighted by molar-refractivity contribution is 0.0954. The highest BCUT2D eigenvalue weighted by molar-refractivity contribution is 6.30. The molecular formula is C25H32ClN3O. The van der Waals surface area contributed by atoms with E-state index in [1.54, 1.807) is 24.3 Å². The molecule has 3 aromatic rings. The van der Waals surface area contributed by atoms with Crippen LogP contribution in [0.4, 0.5) is 0 Å². The fourth-order valence-electron chi connectivity index (χ4n) is 3.78. The van der Waals surface area contributed by atoms with Crippen molar-refractivity contribution in [1.29, 1.82) is 0 Å². The number of hydrogen-bond acceptors (Lipinski definition) is 2. The summed E-state index contributed by atoms with van der Waals surface area (Å²) in [4.78, 5) is 17.2. The van der Waals surface area contributed by atoms with Gasteiger partial charge in [0, 0.05) is 30.1 Å². The fourth-order valence-corrected chi connectivity index (χ4v) is 3.91. The molecule has 5 heteroatoms. The number of para-hydroxylation sites is 2. The minimum Gasteiger partial charge on any atom is -0.352 e. The molecule has 0 saturated carbocycles. The Kier molecular flexibility index (Phi) is 8.76. The maximum Gasteiger partial charge on any atom is 0.251 e. The van der Waals surface area contributed by atoms with E-state index in [2.05, 4.69) is 35.0 Å². The Bertz CT molecular complexity index is 933. The van der Waals surface area contributed by atoms with Gasteiger partial charge in [-0.25, -0.2) is 4.98 Å². The topological polar surface area (TPSA) is 46.9 Å². The maximum absolute atomic E-state index is 12.3. The van der Waals surface area contributed by atoms with Crippen molar-refractivity contribution in [1.82, 2.24) is 14.9 Å². The van der Waals surface area contributed by atoms with Crippen LogP contribution in [0, 0.1) is 0 Å². The van der Waals surface area contributed by atoms with Crippen molar-refractivity contribution < 1.29 is 4.79 Å². The first-order chi connectivity index (χ1) is 14.7. The molecule has 4 nitrogen and oxygen atoms in total. The summed E-state index contributed by atoms with van der Waals surface area (Å²) in [5.74, 6) is 0.958. The number of unbranched alkanes of at least 4 members (excludes halogenated alkanes) is 6. The molecule has 1 heterocycles. The third-order valence-electron chi connectivity index (χ3n) is 5.46. The van der Waals surface area contributed by atoms with Crippen LogP contribution in [0.2, 0.25) is 5.02 Å². The summed E-state index contributed by atoms with van der Waals surface area (Å²) in [6.45, 7) is 3.79. The number of carbonyl (C=O) groups is 1. The number of carbonyl (C=O) groups excluding carboxylic acids is 1. The number of fused-ring (bicyclic) bond motifs is 1. The number of aromatic nitrogens is 2. The van der Waals surface area contributed by atoms with Crippen molar-refractivity contribution >= 4 is 28.5 Å². The zero-order valence-electron chi connectivity index (χ0n) is 17.9. The van der Waals surface area contributed by atoms with Gasteiger partial charge < -0.3 is 9.88 Å². The smallest absolute Gasteiger partial charge is 0.251 e. The van der Waals surface area contributed by atoms with Gasteiger partial charge in [0.15, 0.2) is 0 Å². The van der Waals surface area contributed by atoms with Gasteiger partial charge in [-0.15, -0.1) is 0 Å². The number of benzene rings is 2. The molecule has 1 aromatic heterocycles. The highest BCUT2D eigenvalue weighted by atomic mass is 35.5. The molecule has 0 fully saturated rings. The summed E-state index contributed by atoms with van der Waals surface area (Å²) >= 11 is 5.90. The monoisotopic (exact) mass is 425 g/mol. The Morgan fingerprint density at radius 1 is 0.967 bits per heavy atom. The van der Waals surface area contributed by atoms with E-state index in [1.165, 1.54) is 44.0 Å². The molecule has 0 unspecified atom stereocenters. The highest BCUT2D eigenvalue weighted by Gasteiger charge is 2.11. The molecule has 0 aliphatic carbocycles. The summed E-state index contributed by atoms with van der Waals surface area (Å²) < 4.78 is 2.33. The number of amides is 1. The van der Waals surface area contributed by atoms with Crippen molar-refractivity contribution in [2.45, 2.75) is 64.8 Å². The average molecular weight is 426 g/mol. The van der Waals surface area contributed by atoms with E-state index in [4.69, 9.17) is 16.6 Å². The molecule has 0 spiro atoms. The van der Waals surface area contributed by atoms with Crippen LogP contribution < -0.4 is 5.32 Å². The molecule has 30 heavy (non-hydrogen) atoms. The summed E-state index contributed by atoms with van der Waals surface area (Å²) in [5, 5.41) is 3.63. The van der Waals surface area contributed by atoms with Crippen molar-refractivity contribution in [2.75, 3.05) is 6.54 Å². The Hall–Kier alpha value is -2.33. The van der Waals surface area contributed by atoms with Crippen LogP contribution in [-0.4, -0.2) is 22.0 Å². The minimum absolute atomic E-state index is 0.0820. The van der Waals surface area contributed by atoms with Gasteiger partial charge in [0.2, 0.25) is 0 Å². The summed E-state index contributed by atoms with van der Waals surface area (Å²) in [7, 11) is 0. The Balaban J connectivity index is 1.55. The predicted octanol–water partition coefficient (Wildman–Crippen LogP) is 6.41. The van der Waals surface area contributed by atoms with E-state index < -0.39 is 0 Å². The molecule has 160 valence electrons. The standard InChI is InChI=1S/C25H32ClN3O/c1-2-3-4-5-6-7-10-19-29-23-12-9-8-11-22(23)28-24(29)17-18-27-25(30)20-13-15-21(26)16-14-20/h8-9,11-16H,2-7,10,17-19H2,1H3,(H,27,30). The van der Waals surface area contributed by atoms with E-state index in [0.717, 1.165) is 24.3 Å². The van der Waals surface area contributed by atoms with Crippen molar-refractivity contribution in [3.63, 3.8) is 0 Å². The van der Waals surface area contributed by atoms with E-state index in [9.17, 15) is 4.79 Å². The average Bonchev–Trinajstić information content (AvgIpc) is 3.11. The summed E-state index contributed by atoms with van der Waals surface area (Å²) in [5.41, 5.74) is 2.83. The molecule has 2 aromatic carbocycles. The zero-order chi connectivity index (χ0) is 21.2. The number of nitrogens with zero attached hydrogens (tertiary/aromatic N) is 2. The molecule has 0 bridgehead atoms. The minimum atomic E-state index is -0.0820. The van der Waals surface area contributed by atoms with Crippen LogP contribution in [0.15, 0.2) is 48.5 Å². The summed E-state index contributed by atoms with van der Waals surface area (Å²) in [6.07, 6.45) is 9.76. The first-order valence-corrected chi connectivity index (χ1v) is 11.5. The van der Waals surface area contributed by atoms with E-state index in [0.29, 0.717) is 23.6 Å². The second-order valence-corrected chi connectivity index (χ2v) is 8.24. The van der Waals surface area contributed by atoms with Crippen LogP contribution in [0.25, 0.3) is 11.0 Å². The molecule has 0 atom stereocenters. The number of halogens is 1. The number of rotatable bonds is 12. The van der Waals surface area contributed by atoms with Gasteiger partial charge in [0.05, 0.1) is 11.0 Å². The van der Waals surface area contributed by atoms with Gasteiger partial charge in [-0.2, -0.15) is 0 Å². The highest BCUT2D eigenvalue weighted by Crippen LogP contribution is 2.18. The quantitative estimate of drug-likeness (QED) is 0.340. The summed E-state index contributed by atoms with van der Waals surface area (Å²) in [6, 6.07) is 15.2. The van der Waals surface area contributed by atoms with E-state index in [1.807, 2.05) is 6.07 Å². The molecule has 1 N–H and O–H groups in total.